The van der Waals surface area contributed by atoms with E-state index in [9.17, 15) is 4.79 Å². The van der Waals surface area contributed by atoms with Crippen LogP contribution in [0.25, 0.3) is 6.08 Å². The number of nitrogen functional groups attached to an aromatic ring is 1. The quantitative estimate of drug-likeness (QED) is 0.0791. The maximum atomic E-state index is 12.4. The van der Waals surface area contributed by atoms with E-state index in [0.717, 1.165) is 58.8 Å². The first-order valence-corrected chi connectivity index (χ1v) is 15.6. The molecule has 0 amide bonds. The van der Waals surface area contributed by atoms with E-state index in [1.165, 1.54) is 24.0 Å². The smallest absolute Gasteiger partial charge is 0.169 e. The van der Waals surface area contributed by atoms with Gasteiger partial charge in [0.25, 0.3) is 0 Å². The van der Waals surface area contributed by atoms with Crippen LogP contribution in [0.1, 0.15) is 120 Å². The number of carbonyl (C=O) groups is 1. The van der Waals surface area contributed by atoms with Gasteiger partial charge in [-0.1, -0.05) is 96.3 Å². The molecule has 0 aliphatic heterocycles. The van der Waals surface area contributed by atoms with Crippen molar-refractivity contribution in [2.75, 3.05) is 19.6 Å². The molecule has 0 aliphatic rings. The molecule has 3 N–H and O–H groups in total. The van der Waals surface area contributed by atoms with Gasteiger partial charge in [0.05, 0.1) is 23.4 Å². The number of allylic oxidation sites excluding steroid dienone is 2. The lowest BCUT2D eigenvalue weighted by molar-refractivity contribution is 0.0919. The molecule has 0 heterocycles. The Morgan fingerprint density at radius 3 is 2.26 bits per heavy atom. The monoisotopic (exact) mass is 597 g/mol. The molecule has 2 atom stereocenters. The number of aliphatic imine (C=N–C) groups is 1. The van der Waals surface area contributed by atoms with Crippen molar-refractivity contribution >= 4 is 34.9 Å². The number of ketones is 1. The summed E-state index contributed by atoms with van der Waals surface area (Å²) in [5.41, 5.74) is 9.74. The van der Waals surface area contributed by atoms with E-state index >= 15 is 0 Å². The number of hydrogen-bond donors (Lipinski definition) is 2. The molecule has 0 fully saturated rings. The molecule has 2 unspecified atom stereocenters. The number of rotatable bonds is 13. The summed E-state index contributed by atoms with van der Waals surface area (Å²) in [7, 11) is 3.44. The van der Waals surface area contributed by atoms with Gasteiger partial charge in [-0.05, 0) is 80.9 Å². The van der Waals surface area contributed by atoms with Crippen LogP contribution in [-0.4, -0.2) is 25.7 Å². The number of carbonyl (C=O) groups excluding carboxylic acids is 1. The average Bonchev–Trinajstić information content (AvgIpc) is 3.03. The Labute approximate surface area is 261 Å². The Morgan fingerprint density at radius 1 is 1.14 bits per heavy atom. The highest BCUT2D eigenvalue weighted by atomic mass is 35.5. The summed E-state index contributed by atoms with van der Waals surface area (Å²) in [4.78, 5) is 16.4. The molecule has 2 rings (SSSR count). The molecule has 0 saturated heterocycles. The van der Waals surface area contributed by atoms with Gasteiger partial charge >= 0.3 is 0 Å². The number of hydrogen-bond acceptors (Lipinski definition) is 5. The maximum absolute atomic E-state index is 12.4. The average molecular weight is 598 g/mol. The summed E-state index contributed by atoms with van der Waals surface area (Å²) in [6, 6.07) is 9.86. The molecule has 0 radical (unpaired) electrons. The van der Waals surface area contributed by atoms with Gasteiger partial charge in [0, 0.05) is 24.2 Å². The number of Topliss-reactive ketones (excluding diaryl/α,β-unsaturated/α-hetero) is 1. The van der Waals surface area contributed by atoms with Crippen molar-refractivity contribution in [1.82, 2.24) is 0 Å². The first-order valence-electron chi connectivity index (χ1n) is 15.2. The van der Waals surface area contributed by atoms with Crippen molar-refractivity contribution < 1.29 is 9.53 Å². The van der Waals surface area contributed by atoms with Crippen molar-refractivity contribution in [2.45, 2.75) is 99.8 Å². The Hall–Kier alpha value is -2.89. The van der Waals surface area contributed by atoms with Gasteiger partial charge in [0.15, 0.2) is 5.78 Å². The number of hydrazine groups is 1. The van der Waals surface area contributed by atoms with Gasteiger partial charge < -0.3 is 10.2 Å². The Morgan fingerprint density at radius 2 is 1.81 bits per heavy atom. The zero-order valence-electron chi connectivity index (χ0n) is 27.9. The van der Waals surface area contributed by atoms with Crippen molar-refractivity contribution in [2.24, 2.45) is 16.8 Å². The minimum Gasteiger partial charge on any atom is -0.496 e. The van der Waals surface area contributed by atoms with Crippen molar-refractivity contribution in [1.29, 1.82) is 0 Å². The molecule has 42 heavy (non-hydrogen) atoms. The third-order valence-electron chi connectivity index (χ3n) is 7.68. The van der Waals surface area contributed by atoms with Crippen molar-refractivity contribution in [3.63, 3.8) is 0 Å². The predicted octanol–water partition coefficient (Wildman–Crippen LogP) is 10.5. The number of ether oxygens (including phenoxy) is 1. The second-order valence-corrected chi connectivity index (χ2v) is 10.9. The molecule has 0 bridgehead atoms. The van der Waals surface area contributed by atoms with E-state index in [1.807, 2.05) is 58.2 Å². The number of unbranched alkanes of at least 4 members (excludes halogenated alkanes) is 2. The third-order valence-corrected chi connectivity index (χ3v) is 8.10. The van der Waals surface area contributed by atoms with E-state index < -0.39 is 0 Å². The summed E-state index contributed by atoms with van der Waals surface area (Å²) in [5.74, 6) is 6.84. The molecule has 0 aliphatic carbocycles. The summed E-state index contributed by atoms with van der Waals surface area (Å²) in [6.07, 6.45) is 10.3. The van der Waals surface area contributed by atoms with Crippen LogP contribution in [0.4, 0.5) is 5.69 Å². The normalized spacial score (nSPS) is 12.7. The lowest BCUT2D eigenvalue weighted by Crippen LogP contribution is -2.12. The standard InChI is InChI=1S/C17H26O2.C12H17ClN2.C7H13N/c1-5-7-8-9-13(3)17(18)15-11-10-14(6-2)12-16(15)19-4;1-4-8(3)10-6-7-11(15-14)9(5-2)12(10)13;1-5-6(2)7(3)8-4/h10-13H,5-9H2,1-4H3;5-8,15H,2,4,14H2,1,3H3;5H,1-4H3/b;;6-5-,8-7?. The number of benzene rings is 2. The first-order chi connectivity index (χ1) is 20.0. The van der Waals surface area contributed by atoms with Crippen LogP contribution >= 0.6 is 11.6 Å². The minimum absolute atomic E-state index is 0.0768. The van der Waals surface area contributed by atoms with Crippen molar-refractivity contribution in [3.05, 3.63) is 75.8 Å². The van der Waals surface area contributed by atoms with Gasteiger partial charge in [-0.2, -0.15) is 0 Å². The van der Waals surface area contributed by atoms with Crippen molar-refractivity contribution in [3.8, 4) is 5.75 Å². The molecular formula is C36H56ClN3O2. The molecule has 0 aromatic heterocycles. The lowest BCUT2D eigenvalue weighted by atomic mass is 9.93. The third kappa shape index (κ3) is 12.5. The number of nitrogens with zero attached hydrogens (tertiary/aromatic N) is 1. The van der Waals surface area contributed by atoms with Crippen LogP contribution in [0, 0.1) is 5.92 Å². The van der Waals surface area contributed by atoms with E-state index in [4.69, 9.17) is 22.2 Å². The summed E-state index contributed by atoms with van der Waals surface area (Å²) in [6.45, 7) is 20.4. The van der Waals surface area contributed by atoms with Crippen LogP contribution in [0.2, 0.25) is 5.02 Å². The maximum Gasteiger partial charge on any atom is 0.169 e. The second-order valence-electron chi connectivity index (χ2n) is 10.5. The number of halogens is 1. The highest BCUT2D eigenvalue weighted by Gasteiger charge is 2.19. The Balaban J connectivity index is 0.000000651. The highest BCUT2D eigenvalue weighted by Crippen LogP contribution is 2.34. The van der Waals surface area contributed by atoms with Crippen LogP contribution in [0.5, 0.6) is 5.75 Å². The largest absolute Gasteiger partial charge is 0.496 e. The number of nitrogens with two attached hydrogens (primary N) is 1. The predicted molar refractivity (Wildman–Crippen MR) is 187 cm³/mol. The zero-order chi connectivity index (χ0) is 32.2. The van der Waals surface area contributed by atoms with Crippen LogP contribution in [0.15, 0.2) is 53.6 Å². The number of nitrogens with one attached hydrogen (secondary N) is 1. The van der Waals surface area contributed by atoms with E-state index in [0.29, 0.717) is 11.7 Å². The molecule has 5 nitrogen and oxygen atoms in total. The number of anilines is 1. The summed E-state index contributed by atoms with van der Waals surface area (Å²) in [5, 5.41) is 0.745. The van der Waals surface area contributed by atoms with Gasteiger partial charge in [0.1, 0.15) is 5.75 Å². The lowest BCUT2D eigenvalue weighted by Gasteiger charge is -2.15. The topological polar surface area (TPSA) is 76.7 Å². The second kappa shape index (κ2) is 21.8. The SMILES string of the molecule is C/C=C(/C)C(C)=NC.C=Cc1c(NN)ccc(C(C)CC)c1Cl.CCCCCC(C)C(=O)c1ccc(CC)cc1OC. The zero-order valence-corrected chi connectivity index (χ0v) is 28.6. The van der Waals surface area contributed by atoms with Gasteiger partial charge in [0.2, 0.25) is 0 Å². The minimum atomic E-state index is 0.0768. The van der Waals surface area contributed by atoms with E-state index in [1.54, 1.807) is 13.2 Å². The van der Waals surface area contributed by atoms with Gasteiger partial charge in [-0.25, -0.2) is 0 Å². The fourth-order valence-electron chi connectivity index (χ4n) is 4.18. The van der Waals surface area contributed by atoms with E-state index in [2.05, 4.69) is 57.7 Å². The van der Waals surface area contributed by atoms with Crippen LogP contribution < -0.4 is 16.0 Å². The molecule has 0 spiro atoms. The Kier molecular flexibility index (Phi) is 20.3. The fourth-order valence-corrected chi connectivity index (χ4v) is 4.61. The molecule has 0 saturated carbocycles. The van der Waals surface area contributed by atoms with Gasteiger partial charge in [-0.15, -0.1) is 0 Å². The van der Waals surface area contributed by atoms with E-state index in [-0.39, 0.29) is 11.7 Å². The Bertz CT molecular complexity index is 1150. The molecule has 6 heteroatoms. The van der Waals surface area contributed by atoms with Gasteiger partial charge in [-0.3, -0.25) is 15.6 Å². The summed E-state index contributed by atoms with van der Waals surface area (Å²) >= 11 is 6.30. The number of aryl methyl sites for hydroxylation is 1. The summed E-state index contributed by atoms with van der Waals surface area (Å²) < 4.78 is 5.36. The molecule has 234 valence electrons. The molecule has 2 aromatic carbocycles. The first kappa shape index (κ1) is 39.1. The highest BCUT2D eigenvalue weighted by molar-refractivity contribution is 6.33. The van der Waals surface area contributed by atoms with Crippen LogP contribution in [0.3, 0.4) is 0 Å². The molecule has 2 aromatic rings. The number of methoxy groups -OCH3 is 1. The van der Waals surface area contributed by atoms with Crippen LogP contribution in [-0.2, 0) is 6.42 Å². The fraction of sp³-hybridized carbons (Fsp3) is 0.500. The molecular weight excluding hydrogens is 542 g/mol.